The van der Waals surface area contributed by atoms with Crippen molar-refractivity contribution in [2.45, 2.75) is 18.6 Å². The minimum atomic E-state index is -1.34. The van der Waals surface area contributed by atoms with Gasteiger partial charge in [-0.3, -0.25) is 4.79 Å². The van der Waals surface area contributed by atoms with E-state index in [-0.39, 0.29) is 12.0 Å². The summed E-state index contributed by atoms with van der Waals surface area (Å²) in [5, 5.41) is 12.6. The van der Waals surface area contributed by atoms with Crippen molar-refractivity contribution in [3.63, 3.8) is 0 Å². The molecule has 0 aromatic heterocycles. The number of aliphatic hydroxyl groups is 1. The highest BCUT2D eigenvalue weighted by molar-refractivity contribution is 5.70. The van der Waals surface area contributed by atoms with Gasteiger partial charge in [0.2, 0.25) is 0 Å². The molecule has 18 heavy (non-hydrogen) atoms. The van der Waals surface area contributed by atoms with E-state index in [1.165, 1.54) is 14.2 Å². The highest BCUT2D eigenvalue weighted by Gasteiger charge is 2.25. The molecule has 0 bridgehead atoms. The molecule has 2 N–H and O–H groups in total. The van der Waals surface area contributed by atoms with Gasteiger partial charge in [0.1, 0.15) is 11.6 Å². The van der Waals surface area contributed by atoms with E-state index in [4.69, 9.17) is 0 Å². The number of aliphatic hydroxyl groups excluding tert-OH is 1. The second kappa shape index (κ2) is 6.42. The Morgan fingerprint density at radius 3 is 2.72 bits per heavy atom. The number of methoxy groups -OCH3 is 1. The van der Waals surface area contributed by atoms with Crippen LogP contribution in [0.1, 0.15) is 18.1 Å². The molecule has 0 aliphatic heterocycles. The van der Waals surface area contributed by atoms with Gasteiger partial charge >= 0.3 is 5.97 Å². The Morgan fingerprint density at radius 2 is 2.17 bits per heavy atom. The fourth-order valence-electron chi connectivity index (χ4n) is 1.59. The normalized spacial score (nSPS) is 14.1. The number of halogens is 2. The van der Waals surface area contributed by atoms with E-state index in [0.29, 0.717) is 0 Å². The third-order valence-electron chi connectivity index (χ3n) is 2.64. The monoisotopic (exact) mass is 259 g/mol. The van der Waals surface area contributed by atoms with Crippen molar-refractivity contribution in [2.75, 3.05) is 14.2 Å². The van der Waals surface area contributed by atoms with Crippen LogP contribution in [0.3, 0.4) is 0 Å². The lowest BCUT2D eigenvalue weighted by Gasteiger charge is -2.22. The molecule has 2 atom stereocenters. The standard InChI is InChI=1S/C12H15F2NO3/c1-15-10(6-11(16)18-2)12(17)8-5-7(13)3-4-9(8)14/h3-5,10,12,15,17H,6H2,1-2H3. The van der Waals surface area contributed by atoms with Gasteiger partial charge in [0.25, 0.3) is 0 Å². The van der Waals surface area contributed by atoms with Crippen molar-refractivity contribution in [2.24, 2.45) is 0 Å². The molecule has 1 aromatic carbocycles. The third-order valence-corrected chi connectivity index (χ3v) is 2.64. The van der Waals surface area contributed by atoms with Crippen LogP contribution in [0.5, 0.6) is 0 Å². The summed E-state index contributed by atoms with van der Waals surface area (Å²) in [5.41, 5.74) is -0.196. The van der Waals surface area contributed by atoms with Crippen LogP contribution in [0.2, 0.25) is 0 Å². The summed E-state index contributed by atoms with van der Waals surface area (Å²) in [5.74, 6) is -1.93. The molecule has 0 heterocycles. The predicted octanol–water partition coefficient (Wildman–Crippen LogP) is 1.15. The van der Waals surface area contributed by atoms with Crippen molar-refractivity contribution in [3.05, 3.63) is 35.4 Å². The first-order valence-corrected chi connectivity index (χ1v) is 5.36. The molecule has 4 nitrogen and oxygen atoms in total. The minimum absolute atomic E-state index is 0.149. The van der Waals surface area contributed by atoms with Crippen LogP contribution in [0.25, 0.3) is 0 Å². The lowest BCUT2D eigenvalue weighted by Crippen LogP contribution is -2.35. The molecule has 6 heteroatoms. The lowest BCUT2D eigenvalue weighted by molar-refractivity contribution is -0.142. The molecular formula is C12H15F2NO3. The Morgan fingerprint density at radius 1 is 1.50 bits per heavy atom. The number of rotatable bonds is 5. The van der Waals surface area contributed by atoms with Gasteiger partial charge in [-0.05, 0) is 25.2 Å². The van der Waals surface area contributed by atoms with Gasteiger partial charge < -0.3 is 15.2 Å². The van der Waals surface area contributed by atoms with Crippen LogP contribution < -0.4 is 5.32 Å². The van der Waals surface area contributed by atoms with Gasteiger partial charge in [0, 0.05) is 11.6 Å². The number of hydrogen-bond donors (Lipinski definition) is 2. The maximum Gasteiger partial charge on any atom is 0.307 e. The van der Waals surface area contributed by atoms with Gasteiger partial charge in [-0.25, -0.2) is 8.78 Å². The van der Waals surface area contributed by atoms with Crippen molar-refractivity contribution < 1.29 is 23.4 Å². The largest absolute Gasteiger partial charge is 0.469 e. The van der Waals surface area contributed by atoms with Crippen LogP contribution in [0.4, 0.5) is 8.78 Å². The Bertz CT molecular complexity index is 426. The first kappa shape index (κ1) is 14.5. The van der Waals surface area contributed by atoms with Crippen molar-refractivity contribution in [1.29, 1.82) is 0 Å². The van der Waals surface area contributed by atoms with E-state index in [2.05, 4.69) is 10.1 Å². The summed E-state index contributed by atoms with van der Waals surface area (Å²) in [4.78, 5) is 11.1. The smallest absolute Gasteiger partial charge is 0.307 e. The molecule has 0 aliphatic rings. The summed E-state index contributed by atoms with van der Waals surface area (Å²) in [6.45, 7) is 0. The maximum absolute atomic E-state index is 13.5. The summed E-state index contributed by atoms with van der Waals surface area (Å²) in [7, 11) is 2.72. The molecule has 0 saturated carbocycles. The quantitative estimate of drug-likeness (QED) is 0.779. The average molecular weight is 259 g/mol. The van der Waals surface area contributed by atoms with E-state index in [1.54, 1.807) is 0 Å². The van der Waals surface area contributed by atoms with Crippen LogP contribution in [0.15, 0.2) is 18.2 Å². The van der Waals surface area contributed by atoms with Crippen LogP contribution in [0, 0.1) is 11.6 Å². The maximum atomic E-state index is 13.5. The molecule has 1 aromatic rings. The molecule has 0 amide bonds. The van der Waals surface area contributed by atoms with Gasteiger partial charge in [0.15, 0.2) is 0 Å². The number of ether oxygens (including phenoxy) is 1. The second-order valence-electron chi connectivity index (χ2n) is 3.79. The number of carbonyl (C=O) groups is 1. The third kappa shape index (κ3) is 3.48. The first-order chi connectivity index (χ1) is 8.49. The fourth-order valence-corrected chi connectivity index (χ4v) is 1.59. The fraction of sp³-hybridized carbons (Fsp3) is 0.417. The van der Waals surface area contributed by atoms with E-state index >= 15 is 0 Å². The molecule has 100 valence electrons. The molecule has 0 fully saturated rings. The first-order valence-electron chi connectivity index (χ1n) is 5.36. The topological polar surface area (TPSA) is 58.6 Å². The molecule has 0 spiro atoms. The highest BCUT2D eigenvalue weighted by Crippen LogP contribution is 2.23. The molecule has 2 unspecified atom stereocenters. The summed E-state index contributed by atoms with van der Waals surface area (Å²) in [6.07, 6.45) is -1.49. The number of esters is 1. The zero-order valence-electron chi connectivity index (χ0n) is 10.1. The van der Waals surface area contributed by atoms with E-state index in [0.717, 1.165) is 18.2 Å². The van der Waals surface area contributed by atoms with E-state index in [9.17, 15) is 18.7 Å². The molecule has 0 radical (unpaired) electrons. The zero-order valence-corrected chi connectivity index (χ0v) is 10.1. The lowest BCUT2D eigenvalue weighted by atomic mass is 9.99. The number of likely N-dealkylation sites (N-methyl/N-ethyl adjacent to an activating group) is 1. The average Bonchev–Trinajstić information content (AvgIpc) is 2.37. The van der Waals surface area contributed by atoms with E-state index < -0.39 is 29.7 Å². The van der Waals surface area contributed by atoms with Gasteiger partial charge in [0.05, 0.1) is 19.6 Å². The molecule has 0 saturated heterocycles. The van der Waals surface area contributed by atoms with Crippen molar-refractivity contribution in [3.8, 4) is 0 Å². The van der Waals surface area contributed by atoms with Crippen LogP contribution >= 0.6 is 0 Å². The number of carbonyl (C=O) groups excluding carboxylic acids is 1. The number of benzene rings is 1. The second-order valence-corrected chi connectivity index (χ2v) is 3.79. The van der Waals surface area contributed by atoms with Gasteiger partial charge in [-0.2, -0.15) is 0 Å². The van der Waals surface area contributed by atoms with Crippen LogP contribution in [-0.4, -0.2) is 31.3 Å². The summed E-state index contributed by atoms with van der Waals surface area (Å²) < 4.78 is 30.9. The SMILES string of the molecule is CNC(CC(=O)OC)C(O)c1cc(F)ccc1F. The van der Waals surface area contributed by atoms with E-state index in [1.807, 2.05) is 0 Å². The minimum Gasteiger partial charge on any atom is -0.469 e. The van der Waals surface area contributed by atoms with Gasteiger partial charge in [-0.15, -0.1) is 0 Å². The van der Waals surface area contributed by atoms with Crippen LogP contribution in [-0.2, 0) is 9.53 Å². The summed E-state index contributed by atoms with van der Waals surface area (Å²) in [6, 6.07) is 2.04. The van der Waals surface area contributed by atoms with Crippen molar-refractivity contribution >= 4 is 5.97 Å². The Labute approximate surface area is 104 Å². The Kier molecular flexibility index (Phi) is 5.18. The molecule has 0 aliphatic carbocycles. The zero-order chi connectivity index (χ0) is 13.7. The predicted molar refractivity (Wildman–Crippen MR) is 60.8 cm³/mol. The summed E-state index contributed by atoms with van der Waals surface area (Å²) >= 11 is 0. The van der Waals surface area contributed by atoms with Crippen molar-refractivity contribution in [1.82, 2.24) is 5.32 Å². The molecular weight excluding hydrogens is 244 g/mol. The Hall–Kier alpha value is -1.53. The highest BCUT2D eigenvalue weighted by atomic mass is 19.1. The number of nitrogens with one attached hydrogen (secondary N) is 1. The van der Waals surface area contributed by atoms with Gasteiger partial charge in [-0.1, -0.05) is 0 Å². The Balaban J connectivity index is 2.92. The number of hydrogen-bond acceptors (Lipinski definition) is 4. The molecule has 1 rings (SSSR count).